The fraction of sp³-hybridized carbons (Fsp3) is 0.692. The van der Waals surface area contributed by atoms with Gasteiger partial charge in [-0.05, 0) is 119 Å². The van der Waals surface area contributed by atoms with Gasteiger partial charge < -0.3 is 20.2 Å². The Balaban J connectivity index is 1.04. The minimum Gasteiger partial charge on any atom is -0.385 e. The third kappa shape index (κ3) is 5.46. The second kappa shape index (κ2) is 12.2. The molecule has 1 aromatic rings. The Bertz CT molecular complexity index is 1370. The van der Waals surface area contributed by atoms with Gasteiger partial charge in [0.25, 0.3) is 5.91 Å². The molecule has 244 valence electrons. The predicted molar refractivity (Wildman–Crippen MR) is 180 cm³/mol. The lowest BCUT2D eigenvalue weighted by Crippen LogP contribution is -2.54. The quantitative estimate of drug-likeness (QED) is 0.272. The van der Waals surface area contributed by atoms with Crippen LogP contribution in [0.3, 0.4) is 0 Å². The first-order chi connectivity index (χ1) is 21.5. The summed E-state index contributed by atoms with van der Waals surface area (Å²) < 4.78 is 0. The van der Waals surface area contributed by atoms with Crippen molar-refractivity contribution in [1.82, 2.24) is 10.2 Å². The maximum absolute atomic E-state index is 12.8. The molecule has 0 bridgehead atoms. The van der Waals surface area contributed by atoms with E-state index in [1.54, 1.807) is 0 Å². The Labute approximate surface area is 271 Å². The number of terminal acetylenes is 1. The fourth-order valence-electron chi connectivity index (χ4n) is 10.9. The van der Waals surface area contributed by atoms with Crippen molar-refractivity contribution < 1.29 is 14.7 Å². The van der Waals surface area contributed by atoms with Gasteiger partial charge in [-0.1, -0.05) is 67.8 Å². The summed E-state index contributed by atoms with van der Waals surface area (Å²) in [5.41, 5.74) is 2.90. The normalized spacial score (nSPS) is 42.1. The number of carbonyl (C=O) groups is 1. The van der Waals surface area contributed by atoms with Crippen molar-refractivity contribution in [3.8, 4) is 12.3 Å². The summed E-state index contributed by atoms with van der Waals surface area (Å²) >= 11 is 0. The Morgan fingerprint density at radius 3 is 2.62 bits per heavy atom. The number of piperidine rings is 1. The molecule has 1 heterocycles. The molecule has 0 unspecified atom stereocenters. The van der Waals surface area contributed by atoms with Crippen molar-refractivity contribution in [2.75, 3.05) is 26.7 Å². The van der Waals surface area contributed by atoms with Crippen molar-refractivity contribution in [2.45, 2.75) is 109 Å². The SMILES string of the molecule is C#C[C@]1(O)CC[C@@H]2[C@@H]3CCC4=CC(=NOCC(=O)NCC[C@]5(c6ccccc6)C[C@H](C)N(C)C[C@@H]5C)CC[C@]4(C)[C@@H]3CC[C@@]21C. The van der Waals surface area contributed by atoms with E-state index in [-0.39, 0.29) is 28.8 Å². The van der Waals surface area contributed by atoms with E-state index in [0.717, 1.165) is 76.5 Å². The van der Waals surface area contributed by atoms with E-state index in [1.807, 2.05) is 0 Å². The number of amides is 1. The first-order valence-electron chi connectivity index (χ1n) is 17.6. The van der Waals surface area contributed by atoms with Crippen LogP contribution in [0.2, 0.25) is 0 Å². The van der Waals surface area contributed by atoms with Gasteiger partial charge in [-0.25, -0.2) is 0 Å². The van der Waals surface area contributed by atoms with E-state index in [9.17, 15) is 9.90 Å². The molecule has 4 fully saturated rings. The van der Waals surface area contributed by atoms with Gasteiger partial charge in [0, 0.05) is 30.0 Å². The summed E-state index contributed by atoms with van der Waals surface area (Å²) in [6, 6.07) is 11.3. The number of allylic oxidation sites excluding steroid dienone is 2. The van der Waals surface area contributed by atoms with Gasteiger partial charge >= 0.3 is 0 Å². The highest BCUT2D eigenvalue weighted by Crippen LogP contribution is 2.67. The zero-order valence-corrected chi connectivity index (χ0v) is 28.3. The number of rotatable bonds is 7. The zero-order valence-electron chi connectivity index (χ0n) is 28.3. The molecule has 6 rings (SSSR count). The molecule has 0 aromatic heterocycles. The molecule has 1 amide bonds. The number of likely N-dealkylation sites (tertiary alicyclic amines) is 1. The minimum atomic E-state index is -0.955. The molecule has 1 saturated heterocycles. The number of aliphatic hydroxyl groups is 1. The Hall–Kier alpha value is -2.62. The highest BCUT2D eigenvalue weighted by molar-refractivity contribution is 5.96. The number of nitrogens with zero attached hydrogens (tertiary/aromatic N) is 2. The van der Waals surface area contributed by atoms with Crippen LogP contribution in [0.4, 0.5) is 0 Å². The van der Waals surface area contributed by atoms with E-state index in [1.165, 1.54) is 11.1 Å². The Morgan fingerprint density at radius 2 is 1.87 bits per heavy atom. The zero-order chi connectivity index (χ0) is 32.0. The van der Waals surface area contributed by atoms with Gasteiger partial charge in [-0.15, -0.1) is 6.42 Å². The number of nitrogens with one attached hydrogen (secondary N) is 1. The van der Waals surface area contributed by atoms with Crippen molar-refractivity contribution in [1.29, 1.82) is 0 Å². The first-order valence-corrected chi connectivity index (χ1v) is 17.6. The van der Waals surface area contributed by atoms with Gasteiger partial charge in [0.2, 0.25) is 0 Å². The second-order valence-electron chi connectivity index (χ2n) is 15.9. The van der Waals surface area contributed by atoms with E-state index in [4.69, 9.17) is 11.3 Å². The van der Waals surface area contributed by atoms with E-state index in [0.29, 0.717) is 36.3 Å². The van der Waals surface area contributed by atoms with Crippen LogP contribution in [-0.4, -0.2) is 60.0 Å². The van der Waals surface area contributed by atoms with Crippen molar-refractivity contribution in [3.63, 3.8) is 0 Å². The summed E-state index contributed by atoms with van der Waals surface area (Å²) in [5, 5.41) is 18.9. The highest BCUT2D eigenvalue weighted by Gasteiger charge is 2.63. The first kappa shape index (κ1) is 32.3. The van der Waals surface area contributed by atoms with Crippen LogP contribution >= 0.6 is 0 Å². The average Bonchev–Trinajstić information content (AvgIpc) is 3.31. The lowest BCUT2D eigenvalue weighted by atomic mass is 9.46. The maximum atomic E-state index is 12.8. The van der Waals surface area contributed by atoms with Gasteiger partial charge in [0.1, 0.15) is 5.60 Å². The number of hydrogen-bond acceptors (Lipinski definition) is 5. The lowest BCUT2D eigenvalue weighted by molar-refractivity contribution is -0.125. The van der Waals surface area contributed by atoms with Crippen molar-refractivity contribution >= 4 is 11.6 Å². The smallest absolute Gasteiger partial charge is 0.260 e. The van der Waals surface area contributed by atoms with Crippen molar-refractivity contribution in [2.24, 2.45) is 39.7 Å². The molecule has 1 aromatic carbocycles. The van der Waals surface area contributed by atoms with E-state index < -0.39 is 5.60 Å². The van der Waals surface area contributed by atoms with Gasteiger partial charge in [0.15, 0.2) is 6.61 Å². The molecule has 2 N–H and O–H groups in total. The monoisotopic (exact) mass is 613 g/mol. The largest absolute Gasteiger partial charge is 0.385 e. The van der Waals surface area contributed by atoms with Crippen LogP contribution in [0.5, 0.6) is 0 Å². The topological polar surface area (TPSA) is 74.2 Å². The van der Waals surface area contributed by atoms with E-state index >= 15 is 0 Å². The molecule has 0 radical (unpaired) electrons. The second-order valence-corrected chi connectivity index (χ2v) is 15.9. The molecule has 0 spiro atoms. The molecule has 6 heteroatoms. The van der Waals surface area contributed by atoms with Crippen LogP contribution in [0, 0.1) is 46.8 Å². The van der Waals surface area contributed by atoms with Crippen LogP contribution in [0.1, 0.15) is 97.5 Å². The van der Waals surface area contributed by atoms with Crippen LogP contribution in [0.15, 0.2) is 47.1 Å². The highest BCUT2D eigenvalue weighted by atomic mass is 16.6. The molecule has 9 atom stereocenters. The van der Waals surface area contributed by atoms with E-state index in [2.05, 4.69) is 92.4 Å². The lowest BCUT2D eigenvalue weighted by Gasteiger charge is -2.58. The standard InChI is InChI=1S/C39H55N3O3/c1-7-39(44)20-17-34-32-14-13-30-23-31(15-18-36(30,4)33(32)16-19-37(34,39)5)41-45-26-35(43)40-22-21-38(29-11-9-8-10-12-29)24-28(3)42(6)25-27(38)2/h1,8-12,23,27-28,32-34,44H,13-22,24-26H2,2-6H3,(H,40,43)/t27-,28-,32+,33+,34+,36-,37-,38-,39-/m0/s1. The summed E-state index contributed by atoms with van der Waals surface area (Å²) in [4.78, 5) is 20.9. The number of benzene rings is 1. The fourth-order valence-corrected chi connectivity index (χ4v) is 10.9. The molecule has 3 saturated carbocycles. The number of hydrogen-bond donors (Lipinski definition) is 2. The third-order valence-electron chi connectivity index (χ3n) is 13.9. The molecule has 1 aliphatic heterocycles. The number of fused-ring (bicyclic) bond motifs is 5. The summed E-state index contributed by atoms with van der Waals surface area (Å²) in [6.45, 7) is 11.0. The Morgan fingerprint density at radius 1 is 1.11 bits per heavy atom. The van der Waals surface area contributed by atoms with Crippen LogP contribution in [0.25, 0.3) is 0 Å². The van der Waals surface area contributed by atoms with Gasteiger partial charge in [-0.3, -0.25) is 4.79 Å². The number of carbonyl (C=O) groups excluding carboxylic acids is 1. The van der Waals surface area contributed by atoms with Crippen molar-refractivity contribution in [3.05, 3.63) is 47.5 Å². The average molecular weight is 614 g/mol. The maximum Gasteiger partial charge on any atom is 0.260 e. The van der Waals surface area contributed by atoms with Crippen LogP contribution < -0.4 is 5.32 Å². The predicted octanol–water partition coefficient (Wildman–Crippen LogP) is 6.49. The third-order valence-corrected chi connectivity index (χ3v) is 13.9. The van der Waals surface area contributed by atoms with Crippen LogP contribution in [-0.2, 0) is 15.0 Å². The summed E-state index contributed by atoms with van der Waals surface area (Å²) in [5.74, 6) is 4.92. The molecule has 6 nitrogen and oxygen atoms in total. The number of oxime groups is 1. The molecular formula is C39H55N3O3. The molecule has 5 aliphatic rings. The molecule has 4 aliphatic carbocycles. The van der Waals surface area contributed by atoms with Gasteiger partial charge in [-0.2, -0.15) is 0 Å². The Kier molecular flexibility index (Phi) is 8.76. The summed E-state index contributed by atoms with van der Waals surface area (Å²) in [7, 11) is 2.21. The summed E-state index contributed by atoms with van der Waals surface area (Å²) in [6.07, 6.45) is 18.2. The molecular weight excluding hydrogens is 558 g/mol. The molecule has 45 heavy (non-hydrogen) atoms. The van der Waals surface area contributed by atoms with Gasteiger partial charge in [0.05, 0.1) is 5.71 Å². The minimum absolute atomic E-state index is 0.0404.